The molecule has 108 valence electrons. The molecule has 20 heavy (non-hydrogen) atoms. The van der Waals surface area contributed by atoms with Gasteiger partial charge in [0.25, 0.3) is 0 Å². The number of carboxylic acid groups (broad SMARTS) is 1. The van der Waals surface area contributed by atoms with Crippen molar-refractivity contribution in [3.8, 4) is 0 Å². The van der Waals surface area contributed by atoms with Crippen LogP contribution in [0.2, 0.25) is 0 Å². The average molecular weight is 276 g/mol. The third kappa shape index (κ3) is 5.15. The SMILES string of the molecule is O=C(O)C=Cc1cccc(COCC2CCOCC2)c1. The summed E-state index contributed by atoms with van der Waals surface area (Å²) < 4.78 is 11.1. The molecule has 0 radical (unpaired) electrons. The van der Waals surface area contributed by atoms with Crippen molar-refractivity contribution in [1.82, 2.24) is 0 Å². The lowest BCUT2D eigenvalue weighted by Gasteiger charge is -2.21. The monoisotopic (exact) mass is 276 g/mol. The Hall–Kier alpha value is -1.65. The highest BCUT2D eigenvalue weighted by Gasteiger charge is 2.13. The van der Waals surface area contributed by atoms with E-state index in [0.29, 0.717) is 12.5 Å². The Kier molecular flexibility index (Phi) is 5.77. The smallest absolute Gasteiger partial charge is 0.328 e. The van der Waals surface area contributed by atoms with E-state index in [-0.39, 0.29) is 0 Å². The second-order valence-corrected chi connectivity index (χ2v) is 4.99. The normalized spacial score (nSPS) is 16.6. The number of hydrogen-bond donors (Lipinski definition) is 1. The number of rotatable bonds is 6. The van der Waals surface area contributed by atoms with Crippen LogP contribution < -0.4 is 0 Å². The molecule has 4 heteroatoms. The van der Waals surface area contributed by atoms with Crippen LogP contribution in [0.5, 0.6) is 0 Å². The van der Waals surface area contributed by atoms with Crippen molar-refractivity contribution in [3.05, 3.63) is 41.5 Å². The van der Waals surface area contributed by atoms with Gasteiger partial charge >= 0.3 is 5.97 Å². The van der Waals surface area contributed by atoms with Crippen LogP contribution in [0, 0.1) is 5.92 Å². The highest BCUT2D eigenvalue weighted by molar-refractivity contribution is 5.85. The minimum Gasteiger partial charge on any atom is -0.478 e. The molecule has 1 aromatic carbocycles. The lowest BCUT2D eigenvalue weighted by atomic mass is 10.0. The van der Waals surface area contributed by atoms with Crippen molar-refractivity contribution in [1.29, 1.82) is 0 Å². The van der Waals surface area contributed by atoms with Gasteiger partial charge in [0.2, 0.25) is 0 Å². The number of aliphatic carboxylic acids is 1. The molecule has 1 aliphatic heterocycles. The molecule has 0 bridgehead atoms. The number of carbonyl (C=O) groups is 1. The van der Waals surface area contributed by atoms with Gasteiger partial charge in [-0.25, -0.2) is 4.79 Å². The van der Waals surface area contributed by atoms with Gasteiger partial charge in [0.15, 0.2) is 0 Å². The maximum absolute atomic E-state index is 10.5. The fourth-order valence-electron chi connectivity index (χ4n) is 2.21. The van der Waals surface area contributed by atoms with Crippen LogP contribution >= 0.6 is 0 Å². The molecule has 0 atom stereocenters. The lowest BCUT2D eigenvalue weighted by Crippen LogP contribution is -2.20. The summed E-state index contributed by atoms with van der Waals surface area (Å²) >= 11 is 0. The van der Waals surface area contributed by atoms with Gasteiger partial charge in [-0.2, -0.15) is 0 Å². The molecule has 2 rings (SSSR count). The van der Waals surface area contributed by atoms with Gasteiger partial charge in [0, 0.05) is 19.3 Å². The highest BCUT2D eigenvalue weighted by atomic mass is 16.5. The summed E-state index contributed by atoms with van der Waals surface area (Å²) in [5.41, 5.74) is 1.93. The topological polar surface area (TPSA) is 55.8 Å². The Morgan fingerprint density at radius 2 is 2.20 bits per heavy atom. The lowest BCUT2D eigenvalue weighted by molar-refractivity contribution is -0.131. The predicted molar refractivity (Wildman–Crippen MR) is 76.3 cm³/mol. The van der Waals surface area contributed by atoms with E-state index in [9.17, 15) is 4.79 Å². The van der Waals surface area contributed by atoms with Crippen molar-refractivity contribution in [2.75, 3.05) is 19.8 Å². The molecule has 1 aromatic rings. The third-order valence-electron chi connectivity index (χ3n) is 3.33. The molecule has 4 nitrogen and oxygen atoms in total. The van der Waals surface area contributed by atoms with E-state index in [2.05, 4.69) is 0 Å². The zero-order chi connectivity index (χ0) is 14.2. The maximum atomic E-state index is 10.5. The Bertz CT molecular complexity index is 461. The molecule has 1 N–H and O–H groups in total. The van der Waals surface area contributed by atoms with E-state index >= 15 is 0 Å². The molecule has 0 aliphatic carbocycles. The van der Waals surface area contributed by atoms with Gasteiger partial charge in [0.05, 0.1) is 13.2 Å². The molecule has 0 amide bonds. The zero-order valence-corrected chi connectivity index (χ0v) is 11.5. The molecule has 0 unspecified atom stereocenters. The van der Waals surface area contributed by atoms with Crippen molar-refractivity contribution in [2.24, 2.45) is 5.92 Å². The third-order valence-corrected chi connectivity index (χ3v) is 3.33. The first-order valence-corrected chi connectivity index (χ1v) is 6.89. The van der Waals surface area contributed by atoms with Crippen LogP contribution in [0.3, 0.4) is 0 Å². The summed E-state index contributed by atoms with van der Waals surface area (Å²) in [4.78, 5) is 10.5. The molecule has 0 spiro atoms. The molecular weight excluding hydrogens is 256 g/mol. The van der Waals surface area contributed by atoms with E-state index in [4.69, 9.17) is 14.6 Å². The minimum atomic E-state index is -0.939. The van der Waals surface area contributed by atoms with Gasteiger partial charge in [-0.05, 0) is 42.0 Å². The summed E-state index contributed by atoms with van der Waals surface area (Å²) in [6, 6.07) is 7.72. The molecule has 1 aliphatic rings. The predicted octanol–water partition coefficient (Wildman–Crippen LogP) is 2.73. The summed E-state index contributed by atoms with van der Waals surface area (Å²) in [5, 5.41) is 8.61. The maximum Gasteiger partial charge on any atom is 0.328 e. The quantitative estimate of drug-likeness (QED) is 0.812. The van der Waals surface area contributed by atoms with Crippen molar-refractivity contribution < 1.29 is 19.4 Å². The summed E-state index contributed by atoms with van der Waals surface area (Å²) in [6.07, 6.45) is 4.87. The van der Waals surface area contributed by atoms with Crippen molar-refractivity contribution in [2.45, 2.75) is 19.4 Å². The molecule has 0 saturated carbocycles. The summed E-state index contributed by atoms with van der Waals surface area (Å²) in [6.45, 7) is 3.00. The second kappa shape index (κ2) is 7.82. The first-order valence-electron chi connectivity index (χ1n) is 6.89. The zero-order valence-electron chi connectivity index (χ0n) is 11.5. The van der Waals surface area contributed by atoms with E-state index in [1.54, 1.807) is 6.08 Å². The van der Waals surface area contributed by atoms with E-state index in [1.807, 2.05) is 24.3 Å². The fourth-order valence-corrected chi connectivity index (χ4v) is 2.21. The number of carboxylic acids is 1. The average Bonchev–Trinajstić information content (AvgIpc) is 2.47. The molecule has 1 fully saturated rings. The largest absolute Gasteiger partial charge is 0.478 e. The van der Waals surface area contributed by atoms with Crippen molar-refractivity contribution >= 4 is 12.0 Å². The van der Waals surface area contributed by atoms with Crippen LogP contribution in [0.15, 0.2) is 30.3 Å². The number of benzene rings is 1. The standard InChI is InChI=1S/C16H20O4/c17-16(18)5-4-13-2-1-3-15(10-13)12-20-11-14-6-8-19-9-7-14/h1-5,10,14H,6-9,11-12H2,(H,17,18). The van der Waals surface area contributed by atoms with E-state index in [1.165, 1.54) is 0 Å². The number of hydrogen-bond acceptors (Lipinski definition) is 3. The van der Waals surface area contributed by atoms with Crippen LogP contribution in [0.4, 0.5) is 0 Å². The summed E-state index contributed by atoms with van der Waals surface area (Å²) in [5.74, 6) is -0.343. The Morgan fingerprint density at radius 3 is 2.95 bits per heavy atom. The van der Waals surface area contributed by atoms with Gasteiger partial charge in [0.1, 0.15) is 0 Å². The molecule has 1 heterocycles. The first kappa shape index (κ1) is 14.8. The van der Waals surface area contributed by atoms with E-state index in [0.717, 1.165) is 49.9 Å². The fraction of sp³-hybridized carbons (Fsp3) is 0.438. The van der Waals surface area contributed by atoms with Crippen LogP contribution in [0.25, 0.3) is 6.08 Å². The Balaban J connectivity index is 1.80. The van der Waals surface area contributed by atoms with Crippen molar-refractivity contribution in [3.63, 3.8) is 0 Å². The second-order valence-electron chi connectivity index (χ2n) is 4.99. The number of ether oxygens (including phenoxy) is 2. The molecular formula is C16H20O4. The summed E-state index contributed by atoms with van der Waals surface area (Å²) in [7, 11) is 0. The van der Waals surface area contributed by atoms with Gasteiger partial charge in [-0.3, -0.25) is 0 Å². The minimum absolute atomic E-state index is 0.562. The van der Waals surface area contributed by atoms with Gasteiger partial charge < -0.3 is 14.6 Å². The Morgan fingerprint density at radius 1 is 1.40 bits per heavy atom. The molecule has 0 aromatic heterocycles. The van der Waals surface area contributed by atoms with Crippen LogP contribution in [-0.2, 0) is 20.9 Å². The molecule has 1 saturated heterocycles. The first-order chi connectivity index (χ1) is 9.74. The highest BCUT2D eigenvalue weighted by Crippen LogP contribution is 2.16. The Labute approximate surface area is 119 Å². The van der Waals surface area contributed by atoms with Gasteiger partial charge in [-0.15, -0.1) is 0 Å². The van der Waals surface area contributed by atoms with E-state index < -0.39 is 5.97 Å². The van der Waals surface area contributed by atoms with Gasteiger partial charge in [-0.1, -0.05) is 18.2 Å². The van der Waals surface area contributed by atoms with Crippen LogP contribution in [0.1, 0.15) is 24.0 Å². The van der Waals surface area contributed by atoms with Crippen LogP contribution in [-0.4, -0.2) is 30.9 Å².